The molecule has 1 aliphatic rings. The van der Waals surface area contributed by atoms with Crippen LogP contribution < -0.4 is 4.90 Å². The highest BCUT2D eigenvalue weighted by atomic mass is 16.3. The van der Waals surface area contributed by atoms with E-state index in [2.05, 4.69) is 28.0 Å². The summed E-state index contributed by atoms with van der Waals surface area (Å²) in [6.45, 7) is 0. The van der Waals surface area contributed by atoms with Gasteiger partial charge in [0.2, 0.25) is 0 Å². The van der Waals surface area contributed by atoms with Crippen molar-refractivity contribution in [3.05, 3.63) is 60.2 Å². The summed E-state index contributed by atoms with van der Waals surface area (Å²) >= 11 is 0. The number of benzene rings is 1. The van der Waals surface area contributed by atoms with E-state index in [0.717, 1.165) is 11.3 Å². The maximum Gasteiger partial charge on any atom is 0.0987 e. The summed E-state index contributed by atoms with van der Waals surface area (Å²) in [4.78, 5) is 4.20. The summed E-state index contributed by atoms with van der Waals surface area (Å²) in [6.07, 6.45) is 7.60. The molecule has 1 radical (unpaired) electrons. The molecule has 1 aromatic carbocycles. The molecular formula is C16H21N2O. The van der Waals surface area contributed by atoms with Crippen LogP contribution in [0.1, 0.15) is 5.56 Å². The highest BCUT2D eigenvalue weighted by molar-refractivity contribution is 5.60. The van der Waals surface area contributed by atoms with Crippen LogP contribution in [-0.4, -0.2) is 38.2 Å². The summed E-state index contributed by atoms with van der Waals surface area (Å²) in [6, 6.07) is 8.27. The molecule has 0 heterocycles. The zero-order chi connectivity index (χ0) is 14.0. The molecule has 2 rings (SSSR count). The second-order valence-electron chi connectivity index (χ2n) is 5.23. The highest BCUT2D eigenvalue weighted by Gasteiger charge is 2.34. The topological polar surface area (TPSA) is 26.7 Å². The number of nitrogens with zero attached hydrogens (tertiary/aromatic N) is 2. The van der Waals surface area contributed by atoms with Gasteiger partial charge in [0.25, 0.3) is 0 Å². The van der Waals surface area contributed by atoms with Crippen molar-refractivity contribution in [1.82, 2.24) is 4.90 Å². The SMILES string of the molecule is CN(C)c1ccccc1C1(N(C)C)C=C[CH]C(O)=C1. The molecule has 0 saturated heterocycles. The number of allylic oxidation sites excluding steroid dienone is 1. The molecule has 1 atom stereocenters. The van der Waals surface area contributed by atoms with Crippen molar-refractivity contribution in [2.24, 2.45) is 0 Å². The molecule has 3 heteroatoms. The third-order valence-corrected chi connectivity index (χ3v) is 3.54. The Hall–Kier alpha value is -1.74. The fourth-order valence-corrected chi connectivity index (χ4v) is 2.50. The van der Waals surface area contributed by atoms with Crippen LogP contribution in [-0.2, 0) is 5.54 Å². The van der Waals surface area contributed by atoms with Gasteiger partial charge in [-0.3, -0.25) is 4.90 Å². The minimum atomic E-state index is -0.417. The first kappa shape index (κ1) is 13.7. The predicted molar refractivity (Wildman–Crippen MR) is 80.3 cm³/mol. The van der Waals surface area contributed by atoms with Gasteiger partial charge in [-0.15, -0.1) is 0 Å². The number of para-hydroxylation sites is 1. The van der Waals surface area contributed by atoms with Crippen LogP contribution >= 0.6 is 0 Å². The van der Waals surface area contributed by atoms with Crippen LogP contribution in [0.2, 0.25) is 0 Å². The van der Waals surface area contributed by atoms with Gasteiger partial charge in [-0.25, -0.2) is 0 Å². The van der Waals surface area contributed by atoms with Gasteiger partial charge in [-0.05, 0) is 26.2 Å². The van der Waals surface area contributed by atoms with Gasteiger partial charge in [0.15, 0.2) is 0 Å². The average molecular weight is 257 g/mol. The second-order valence-corrected chi connectivity index (χ2v) is 5.23. The molecule has 1 unspecified atom stereocenters. The number of aliphatic hydroxyl groups excluding tert-OH is 1. The number of hydrogen-bond donors (Lipinski definition) is 1. The van der Waals surface area contributed by atoms with E-state index in [4.69, 9.17) is 0 Å². The largest absolute Gasteiger partial charge is 0.512 e. The lowest BCUT2D eigenvalue weighted by Crippen LogP contribution is -2.40. The molecule has 1 aliphatic carbocycles. The minimum absolute atomic E-state index is 0.296. The van der Waals surface area contributed by atoms with Gasteiger partial charge in [0, 0.05) is 31.8 Å². The first-order chi connectivity index (χ1) is 8.97. The van der Waals surface area contributed by atoms with Crippen LogP contribution in [0.3, 0.4) is 0 Å². The Morgan fingerprint density at radius 3 is 2.32 bits per heavy atom. The quantitative estimate of drug-likeness (QED) is 0.902. The number of likely N-dealkylation sites (N-methyl/N-ethyl adjacent to an activating group) is 1. The first-order valence-corrected chi connectivity index (χ1v) is 6.36. The van der Waals surface area contributed by atoms with E-state index in [9.17, 15) is 5.11 Å². The van der Waals surface area contributed by atoms with Crippen LogP contribution in [0.5, 0.6) is 0 Å². The highest BCUT2D eigenvalue weighted by Crippen LogP contribution is 2.38. The summed E-state index contributed by atoms with van der Waals surface area (Å²) in [7, 11) is 8.10. The second kappa shape index (κ2) is 5.10. The van der Waals surface area contributed by atoms with Gasteiger partial charge < -0.3 is 10.0 Å². The lowest BCUT2D eigenvalue weighted by molar-refractivity contribution is 0.255. The molecule has 0 bridgehead atoms. The molecule has 0 amide bonds. The molecule has 0 fully saturated rings. The number of hydrogen-bond acceptors (Lipinski definition) is 3. The Morgan fingerprint density at radius 2 is 1.74 bits per heavy atom. The molecule has 3 nitrogen and oxygen atoms in total. The average Bonchev–Trinajstić information content (AvgIpc) is 2.38. The van der Waals surface area contributed by atoms with Crippen molar-refractivity contribution in [1.29, 1.82) is 0 Å². The van der Waals surface area contributed by atoms with E-state index >= 15 is 0 Å². The van der Waals surface area contributed by atoms with Crippen molar-refractivity contribution >= 4 is 5.69 Å². The zero-order valence-electron chi connectivity index (χ0n) is 12.0. The molecule has 101 valence electrons. The van der Waals surface area contributed by atoms with Gasteiger partial charge in [-0.1, -0.05) is 30.4 Å². The fourth-order valence-electron chi connectivity index (χ4n) is 2.50. The van der Waals surface area contributed by atoms with Crippen molar-refractivity contribution in [3.8, 4) is 0 Å². The standard InChI is InChI=1S/C16H21N2O/c1-17(2)15-10-6-5-9-14(15)16(18(3)4)11-7-8-13(19)12-16/h5-12,19H,1-4H3. The smallest absolute Gasteiger partial charge is 0.0987 e. The van der Waals surface area contributed by atoms with Gasteiger partial charge in [-0.2, -0.15) is 0 Å². The third kappa shape index (κ3) is 2.38. The zero-order valence-corrected chi connectivity index (χ0v) is 12.0. The Balaban J connectivity index is 2.64. The van der Waals surface area contributed by atoms with Crippen molar-refractivity contribution in [2.75, 3.05) is 33.1 Å². The van der Waals surface area contributed by atoms with Crippen LogP contribution in [0, 0.1) is 6.42 Å². The minimum Gasteiger partial charge on any atom is -0.512 e. The van der Waals surface area contributed by atoms with E-state index in [1.807, 2.05) is 52.5 Å². The van der Waals surface area contributed by atoms with Gasteiger partial charge in [0.1, 0.15) is 0 Å². The fraction of sp³-hybridized carbons (Fsp3) is 0.312. The molecule has 0 aromatic heterocycles. The van der Waals surface area contributed by atoms with E-state index in [-0.39, 0.29) is 0 Å². The Labute approximate surface area is 115 Å². The summed E-state index contributed by atoms with van der Waals surface area (Å²) in [5, 5.41) is 9.90. The third-order valence-electron chi connectivity index (χ3n) is 3.54. The first-order valence-electron chi connectivity index (χ1n) is 6.36. The lowest BCUT2D eigenvalue weighted by Gasteiger charge is -2.39. The van der Waals surface area contributed by atoms with Gasteiger partial charge in [0.05, 0.1) is 11.3 Å². The predicted octanol–water partition coefficient (Wildman–Crippen LogP) is 2.73. The Bertz CT molecular complexity index is 517. The maximum atomic E-state index is 9.90. The summed E-state index contributed by atoms with van der Waals surface area (Å²) in [5.74, 6) is 0.296. The number of rotatable bonds is 3. The monoisotopic (exact) mass is 257 g/mol. The van der Waals surface area contributed by atoms with Crippen molar-refractivity contribution in [3.63, 3.8) is 0 Å². The molecule has 19 heavy (non-hydrogen) atoms. The molecule has 1 N–H and O–H groups in total. The van der Waals surface area contributed by atoms with Crippen molar-refractivity contribution < 1.29 is 5.11 Å². The lowest BCUT2D eigenvalue weighted by atomic mass is 9.83. The van der Waals surface area contributed by atoms with Crippen LogP contribution in [0.15, 0.2) is 48.3 Å². The van der Waals surface area contributed by atoms with E-state index in [1.165, 1.54) is 0 Å². The van der Waals surface area contributed by atoms with Crippen molar-refractivity contribution in [2.45, 2.75) is 5.54 Å². The van der Waals surface area contributed by atoms with Gasteiger partial charge >= 0.3 is 0 Å². The van der Waals surface area contributed by atoms with Crippen LogP contribution in [0.4, 0.5) is 5.69 Å². The molecule has 0 spiro atoms. The Kier molecular flexibility index (Phi) is 3.67. The van der Waals surface area contributed by atoms with E-state index in [1.54, 1.807) is 6.42 Å². The molecular weight excluding hydrogens is 236 g/mol. The van der Waals surface area contributed by atoms with Crippen LogP contribution in [0.25, 0.3) is 0 Å². The molecule has 0 aliphatic heterocycles. The van der Waals surface area contributed by atoms with E-state index in [0.29, 0.717) is 5.76 Å². The molecule has 0 saturated carbocycles. The number of aliphatic hydroxyl groups is 1. The Morgan fingerprint density at radius 1 is 1.05 bits per heavy atom. The molecule has 1 aromatic rings. The normalized spacial score (nSPS) is 22.5. The number of anilines is 1. The summed E-state index contributed by atoms with van der Waals surface area (Å²) in [5.41, 5.74) is 1.88. The van der Waals surface area contributed by atoms with E-state index < -0.39 is 5.54 Å². The maximum absolute atomic E-state index is 9.90. The summed E-state index contributed by atoms with van der Waals surface area (Å²) < 4.78 is 0.